The Morgan fingerprint density at radius 2 is 1.51 bits per heavy atom. The van der Waals surface area contributed by atoms with Crippen LogP contribution in [0.3, 0.4) is 0 Å². The average Bonchev–Trinajstić information content (AvgIpc) is 3.06. The monoisotopic (exact) mass is 719 g/mol. The third-order valence-corrected chi connectivity index (χ3v) is 10.3. The predicted octanol–water partition coefficient (Wildman–Crippen LogP) is 6.82. The fourth-order valence-corrected chi connectivity index (χ4v) is 6.81. The standard InChI is InChI=1S/C37H42BrN3O5S/c1-6-28(4)39-37(43)34(23-29-10-8-7-9-11-29)40(24-30-15-17-31(38)18-16-30)36(42)25-41(33-22-27(3)14-21-35(33)46-5)47(44,45)32-19-12-26(2)13-20-32/h7-22,28,34H,6,23-25H2,1-5H3,(H,39,43)/t28-,34+/m0/s1. The van der Waals surface area contributed by atoms with Gasteiger partial charge in [-0.1, -0.05) is 89.1 Å². The Balaban J connectivity index is 1.85. The summed E-state index contributed by atoms with van der Waals surface area (Å²) in [6, 6.07) is 27.6. The van der Waals surface area contributed by atoms with Gasteiger partial charge in [-0.05, 0) is 80.3 Å². The molecule has 2 amide bonds. The molecular formula is C37H42BrN3O5S. The summed E-state index contributed by atoms with van der Waals surface area (Å²) in [6.07, 6.45) is 0.948. The highest BCUT2D eigenvalue weighted by Crippen LogP contribution is 2.34. The third kappa shape index (κ3) is 9.23. The zero-order valence-electron chi connectivity index (χ0n) is 27.4. The Morgan fingerprint density at radius 3 is 2.13 bits per heavy atom. The number of aryl methyl sites for hydroxylation is 2. The summed E-state index contributed by atoms with van der Waals surface area (Å²) in [7, 11) is -2.80. The van der Waals surface area contributed by atoms with Gasteiger partial charge in [-0.2, -0.15) is 0 Å². The van der Waals surface area contributed by atoms with Crippen molar-refractivity contribution in [2.24, 2.45) is 0 Å². The van der Waals surface area contributed by atoms with Gasteiger partial charge in [-0.3, -0.25) is 13.9 Å². The Morgan fingerprint density at radius 1 is 0.872 bits per heavy atom. The lowest BCUT2D eigenvalue weighted by Crippen LogP contribution is -2.54. The number of halogens is 1. The third-order valence-electron chi connectivity index (χ3n) is 8.03. The van der Waals surface area contributed by atoms with Gasteiger partial charge in [0.05, 0.1) is 17.7 Å². The lowest BCUT2D eigenvalue weighted by Gasteiger charge is -2.34. The number of amides is 2. The van der Waals surface area contributed by atoms with Gasteiger partial charge in [0.15, 0.2) is 0 Å². The SMILES string of the molecule is CC[C@H](C)NC(=O)[C@@H](Cc1ccccc1)N(Cc1ccc(Br)cc1)C(=O)CN(c1cc(C)ccc1OC)S(=O)(=O)c1ccc(C)cc1. The van der Waals surface area contributed by atoms with Crippen molar-refractivity contribution < 1.29 is 22.7 Å². The van der Waals surface area contributed by atoms with Crippen LogP contribution in [0.5, 0.6) is 5.75 Å². The fourth-order valence-electron chi connectivity index (χ4n) is 5.13. The van der Waals surface area contributed by atoms with Crippen molar-refractivity contribution >= 4 is 43.5 Å². The number of ether oxygens (including phenoxy) is 1. The van der Waals surface area contributed by atoms with Gasteiger partial charge in [0.2, 0.25) is 11.8 Å². The van der Waals surface area contributed by atoms with Crippen molar-refractivity contribution in [1.82, 2.24) is 10.2 Å². The summed E-state index contributed by atoms with van der Waals surface area (Å²) in [5.74, 6) is -0.545. The summed E-state index contributed by atoms with van der Waals surface area (Å²) < 4.78 is 36.3. The van der Waals surface area contributed by atoms with Crippen molar-refractivity contribution in [3.05, 3.63) is 124 Å². The Kier molecular flexibility index (Phi) is 12.2. The fraction of sp³-hybridized carbons (Fsp3) is 0.297. The smallest absolute Gasteiger partial charge is 0.264 e. The number of nitrogens with one attached hydrogen (secondary N) is 1. The lowest BCUT2D eigenvalue weighted by atomic mass is 10.0. The van der Waals surface area contributed by atoms with Crippen LogP contribution in [-0.2, 0) is 32.6 Å². The summed E-state index contributed by atoms with van der Waals surface area (Å²) in [6.45, 7) is 7.13. The number of anilines is 1. The van der Waals surface area contributed by atoms with Crippen LogP contribution < -0.4 is 14.4 Å². The van der Waals surface area contributed by atoms with E-state index in [2.05, 4.69) is 21.2 Å². The molecule has 0 aliphatic carbocycles. The summed E-state index contributed by atoms with van der Waals surface area (Å²) in [4.78, 5) is 30.2. The molecular weight excluding hydrogens is 678 g/mol. The quantitative estimate of drug-likeness (QED) is 0.154. The first-order chi connectivity index (χ1) is 22.4. The van der Waals surface area contributed by atoms with E-state index in [1.54, 1.807) is 24.3 Å². The van der Waals surface area contributed by atoms with E-state index in [1.807, 2.05) is 88.4 Å². The molecule has 1 N–H and O–H groups in total. The number of carbonyl (C=O) groups excluding carboxylic acids is 2. The number of hydrogen-bond acceptors (Lipinski definition) is 5. The van der Waals surface area contributed by atoms with Gasteiger partial charge >= 0.3 is 0 Å². The molecule has 8 nitrogen and oxygen atoms in total. The number of hydrogen-bond donors (Lipinski definition) is 1. The van der Waals surface area contributed by atoms with Crippen LogP contribution in [0.4, 0.5) is 5.69 Å². The minimum atomic E-state index is -4.26. The molecule has 0 fully saturated rings. The summed E-state index contributed by atoms with van der Waals surface area (Å²) >= 11 is 3.47. The normalized spacial score (nSPS) is 12.6. The minimum Gasteiger partial charge on any atom is -0.495 e. The molecule has 0 aliphatic heterocycles. The highest BCUT2D eigenvalue weighted by atomic mass is 79.9. The highest BCUT2D eigenvalue weighted by molar-refractivity contribution is 9.10. The molecule has 0 radical (unpaired) electrons. The first-order valence-corrected chi connectivity index (χ1v) is 17.8. The molecule has 0 saturated heterocycles. The molecule has 47 heavy (non-hydrogen) atoms. The molecule has 4 aromatic rings. The van der Waals surface area contributed by atoms with E-state index in [0.29, 0.717) is 12.2 Å². The van der Waals surface area contributed by atoms with Gasteiger partial charge < -0.3 is 15.0 Å². The van der Waals surface area contributed by atoms with Crippen LogP contribution in [0.1, 0.15) is 42.5 Å². The molecule has 0 bridgehead atoms. The van der Waals surface area contributed by atoms with E-state index >= 15 is 0 Å². The molecule has 0 aliphatic rings. The van der Waals surface area contributed by atoms with Gasteiger partial charge in [0.25, 0.3) is 10.0 Å². The first-order valence-electron chi connectivity index (χ1n) is 15.5. The van der Waals surface area contributed by atoms with Gasteiger partial charge in [-0.25, -0.2) is 8.42 Å². The second-order valence-corrected chi connectivity index (χ2v) is 14.4. The van der Waals surface area contributed by atoms with E-state index in [1.165, 1.54) is 24.1 Å². The van der Waals surface area contributed by atoms with Crippen LogP contribution in [-0.4, -0.2) is 50.9 Å². The Bertz CT molecular complexity index is 1760. The van der Waals surface area contributed by atoms with E-state index in [-0.39, 0.29) is 35.5 Å². The molecule has 248 valence electrons. The zero-order valence-corrected chi connectivity index (χ0v) is 29.8. The molecule has 4 rings (SSSR count). The van der Waals surface area contributed by atoms with Crippen molar-refractivity contribution in [2.75, 3.05) is 18.0 Å². The molecule has 0 heterocycles. The van der Waals surface area contributed by atoms with E-state index in [4.69, 9.17) is 4.74 Å². The molecule has 0 aromatic heterocycles. The Labute approximate surface area is 286 Å². The first kappa shape index (κ1) is 35.7. The summed E-state index contributed by atoms with van der Waals surface area (Å²) in [5, 5.41) is 3.06. The molecule has 0 unspecified atom stereocenters. The maximum atomic E-state index is 14.7. The van der Waals surface area contributed by atoms with Crippen LogP contribution >= 0.6 is 15.9 Å². The zero-order chi connectivity index (χ0) is 34.1. The van der Waals surface area contributed by atoms with Crippen LogP contribution in [0.2, 0.25) is 0 Å². The minimum absolute atomic E-state index is 0.0364. The predicted molar refractivity (Wildman–Crippen MR) is 190 cm³/mol. The largest absolute Gasteiger partial charge is 0.495 e. The highest BCUT2D eigenvalue weighted by Gasteiger charge is 2.36. The van der Waals surface area contributed by atoms with Crippen LogP contribution in [0.15, 0.2) is 106 Å². The van der Waals surface area contributed by atoms with Crippen molar-refractivity contribution in [3.63, 3.8) is 0 Å². The molecule has 0 spiro atoms. The number of nitrogens with zero attached hydrogens (tertiary/aromatic N) is 2. The van der Waals surface area contributed by atoms with Gasteiger partial charge in [0.1, 0.15) is 18.3 Å². The number of benzene rings is 4. The maximum Gasteiger partial charge on any atom is 0.264 e. The van der Waals surface area contributed by atoms with E-state index in [0.717, 1.165) is 31.0 Å². The number of carbonyl (C=O) groups is 2. The van der Waals surface area contributed by atoms with Crippen LogP contribution in [0, 0.1) is 13.8 Å². The van der Waals surface area contributed by atoms with Crippen molar-refractivity contribution in [1.29, 1.82) is 0 Å². The Hall–Kier alpha value is -4.15. The number of methoxy groups -OCH3 is 1. The number of sulfonamides is 1. The second kappa shape index (κ2) is 16.1. The topological polar surface area (TPSA) is 96.0 Å². The number of rotatable bonds is 14. The van der Waals surface area contributed by atoms with Crippen molar-refractivity contribution in [3.8, 4) is 5.75 Å². The molecule has 10 heteroatoms. The van der Waals surface area contributed by atoms with Crippen molar-refractivity contribution in [2.45, 2.75) is 64.1 Å². The average molecular weight is 721 g/mol. The lowest BCUT2D eigenvalue weighted by molar-refractivity contribution is -0.140. The summed E-state index contributed by atoms with van der Waals surface area (Å²) in [5.41, 5.74) is 3.58. The molecule has 2 atom stereocenters. The molecule has 4 aromatic carbocycles. The van der Waals surface area contributed by atoms with Gasteiger partial charge in [0, 0.05) is 23.5 Å². The maximum absolute atomic E-state index is 14.7. The van der Waals surface area contributed by atoms with Gasteiger partial charge in [-0.15, -0.1) is 0 Å². The second-order valence-electron chi connectivity index (χ2n) is 11.7. The van der Waals surface area contributed by atoms with E-state index < -0.39 is 28.5 Å². The molecule has 0 saturated carbocycles. The van der Waals surface area contributed by atoms with E-state index in [9.17, 15) is 18.0 Å². The van der Waals surface area contributed by atoms with Crippen LogP contribution in [0.25, 0.3) is 0 Å².